The van der Waals surface area contributed by atoms with Gasteiger partial charge >= 0.3 is 30.8 Å². The Morgan fingerprint density at radius 2 is 1.20 bits per heavy atom. The summed E-state index contributed by atoms with van der Waals surface area (Å²) in [6.45, 7) is 2.88. The third-order valence-corrected chi connectivity index (χ3v) is 0. The molecule has 0 aromatic carbocycles. The van der Waals surface area contributed by atoms with Gasteiger partial charge in [0.1, 0.15) is 0 Å². The molecule has 0 spiro atoms. The summed E-state index contributed by atoms with van der Waals surface area (Å²) in [5.41, 5.74) is 0. The third kappa shape index (κ3) is 196. The van der Waals surface area contributed by atoms with Crippen LogP contribution in [0.5, 0.6) is 0 Å². The molecule has 0 rings (SSSR count). The van der Waals surface area contributed by atoms with Crippen molar-refractivity contribution in [2.75, 3.05) is 13.3 Å². The molecular formula is C2H9O2P. The van der Waals surface area contributed by atoms with Crippen LogP contribution in [0.25, 0.3) is 0 Å². The van der Waals surface area contributed by atoms with E-state index in [0.29, 0.717) is 0 Å². The zero-order chi connectivity index (χ0) is 4.50. The Kier molecular flexibility index (Phi) is 1.30. The van der Waals surface area contributed by atoms with E-state index in [0.717, 1.165) is 0 Å². The summed E-state index contributed by atoms with van der Waals surface area (Å²) < 4.78 is 0. The summed E-state index contributed by atoms with van der Waals surface area (Å²) in [6.07, 6.45) is 0. The minimum atomic E-state index is -2.61. The Bertz CT molecular complexity index is 23.1. The van der Waals surface area contributed by atoms with E-state index in [9.17, 15) is 0 Å². The molecule has 0 aromatic heterocycles. The summed E-state index contributed by atoms with van der Waals surface area (Å²) in [5, 5.41) is 0. The van der Waals surface area contributed by atoms with E-state index in [2.05, 4.69) is 0 Å². The van der Waals surface area contributed by atoms with Crippen LogP contribution >= 0.6 is 7.72 Å². The molecule has 0 heterocycles. The number of rotatable bonds is 0. The molecular weight excluding hydrogens is 87.0 g/mol. The van der Waals surface area contributed by atoms with Crippen molar-refractivity contribution >= 4 is 7.72 Å². The summed E-state index contributed by atoms with van der Waals surface area (Å²) >= 11 is 0. The molecule has 0 saturated carbocycles. The molecule has 0 aromatic rings. The summed E-state index contributed by atoms with van der Waals surface area (Å²) in [4.78, 5) is 16.4. The van der Waals surface area contributed by atoms with Crippen molar-refractivity contribution in [3.8, 4) is 0 Å². The molecule has 2 nitrogen and oxygen atoms in total. The second-order valence-electron chi connectivity index (χ2n) is 1.49. The quantitative estimate of drug-likeness (QED) is 0.410. The maximum atomic E-state index is 8.22. The van der Waals surface area contributed by atoms with E-state index >= 15 is 0 Å². The second kappa shape index (κ2) is 1.21. The molecule has 0 aliphatic heterocycles. The zero-order valence-corrected chi connectivity index (χ0v) is 4.39. The van der Waals surface area contributed by atoms with Gasteiger partial charge in [0.15, 0.2) is 0 Å². The Hall–Kier alpha value is 0.350. The van der Waals surface area contributed by atoms with E-state index < -0.39 is 7.72 Å². The van der Waals surface area contributed by atoms with Gasteiger partial charge < -0.3 is 0 Å². The molecule has 0 aliphatic carbocycles. The van der Waals surface area contributed by atoms with Crippen LogP contribution in [0, 0.1) is 0 Å². The normalized spacial score (nSPS) is 15.2. The zero-order valence-electron chi connectivity index (χ0n) is 3.39. The van der Waals surface area contributed by atoms with Gasteiger partial charge in [0.2, 0.25) is 0 Å². The Morgan fingerprint density at radius 3 is 1.20 bits per heavy atom. The molecule has 0 bridgehead atoms. The monoisotopic (exact) mass is 96.0 g/mol. The van der Waals surface area contributed by atoms with Crippen LogP contribution in [0.1, 0.15) is 0 Å². The van der Waals surface area contributed by atoms with E-state index in [1.165, 1.54) is 13.3 Å². The molecule has 3 heteroatoms. The second-order valence-corrected chi connectivity index (χ2v) is 4.48. The van der Waals surface area contributed by atoms with Gasteiger partial charge in [-0.1, -0.05) is 0 Å². The first-order chi connectivity index (χ1) is 2.00. The van der Waals surface area contributed by atoms with E-state index in [4.69, 9.17) is 9.79 Å². The minimum absolute atomic E-state index is 1.44. The molecule has 0 fully saturated rings. The predicted octanol–water partition coefficient (Wildman–Crippen LogP) is -0.190. The van der Waals surface area contributed by atoms with Crippen molar-refractivity contribution in [2.24, 2.45) is 0 Å². The average molecular weight is 96.1 g/mol. The van der Waals surface area contributed by atoms with Crippen LogP contribution in [0.3, 0.4) is 0 Å². The summed E-state index contributed by atoms with van der Waals surface area (Å²) in [5.74, 6) is 0. The van der Waals surface area contributed by atoms with Crippen LogP contribution in [-0.2, 0) is 0 Å². The molecule has 0 atom stereocenters. The maximum absolute atomic E-state index is 8.22. The summed E-state index contributed by atoms with van der Waals surface area (Å²) in [7, 11) is -2.61. The van der Waals surface area contributed by atoms with Gasteiger partial charge in [0.25, 0.3) is 0 Å². The van der Waals surface area contributed by atoms with Crippen molar-refractivity contribution in [1.82, 2.24) is 0 Å². The number of hydrogen-bond donors (Lipinski definition) is 2. The van der Waals surface area contributed by atoms with Crippen LogP contribution < -0.4 is 0 Å². The molecule has 2 N–H and O–H groups in total. The van der Waals surface area contributed by atoms with E-state index in [1.54, 1.807) is 0 Å². The average Bonchev–Trinajstić information content (AvgIpc) is 0.722. The van der Waals surface area contributed by atoms with Gasteiger partial charge in [-0.05, 0) is 0 Å². The predicted molar refractivity (Wildman–Crippen MR) is 24.6 cm³/mol. The first-order valence-corrected chi connectivity index (χ1v) is 4.34. The SMILES string of the molecule is C[PH](C)(O)O. The van der Waals surface area contributed by atoms with Crippen molar-refractivity contribution in [1.29, 1.82) is 0 Å². The first-order valence-electron chi connectivity index (χ1n) is 1.45. The first kappa shape index (κ1) is 5.35. The van der Waals surface area contributed by atoms with Gasteiger partial charge in [0.05, 0.1) is 0 Å². The molecule has 0 amide bonds. The van der Waals surface area contributed by atoms with Crippen LogP contribution in [-0.4, -0.2) is 23.1 Å². The van der Waals surface area contributed by atoms with Crippen LogP contribution in [0.15, 0.2) is 0 Å². The van der Waals surface area contributed by atoms with E-state index in [-0.39, 0.29) is 0 Å². The molecule has 0 radical (unpaired) electrons. The molecule has 0 unspecified atom stereocenters. The van der Waals surface area contributed by atoms with Crippen molar-refractivity contribution in [3.05, 3.63) is 0 Å². The van der Waals surface area contributed by atoms with Crippen molar-refractivity contribution in [3.63, 3.8) is 0 Å². The van der Waals surface area contributed by atoms with Crippen molar-refractivity contribution in [2.45, 2.75) is 0 Å². The molecule has 5 heavy (non-hydrogen) atoms. The Morgan fingerprint density at radius 1 is 1.20 bits per heavy atom. The van der Waals surface area contributed by atoms with Crippen LogP contribution in [0.4, 0.5) is 0 Å². The van der Waals surface area contributed by atoms with Crippen molar-refractivity contribution < 1.29 is 9.79 Å². The Balaban J connectivity index is 3.02. The topological polar surface area (TPSA) is 40.5 Å². The fraction of sp³-hybridized carbons (Fsp3) is 1.00. The van der Waals surface area contributed by atoms with Gasteiger partial charge in [-0.25, -0.2) is 0 Å². The Labute approximate surface area is 32.0 Å². The molecule has 0 aliphatic rings. The van der Waals surface area contributed by atoms with Gasteiger partial charge in [-0.15, -0.1) is 0 Å². The standard InChI is InChI=1S/C2H9O2P/c1-5(2,3)4/h3-5H,1-2H3. The van der Waals surface area contributed by atoms with Crippen LogP contribution in [0.2, 0.25) is 0 Å². The number of hydrogen-bond acceptors (Lipinski definition) is 2. The molecule has 0 saturated heterocycles. The van der Waals surface area contributed by atoms with Gasteiger partial charge in [-0.2, -0.15) is 0 Å². The molecule has 34 valence electrons. The van der Waals surface area contributed by atoms with Gasteiger partial charge in [0, 0.05) is 0 Å². The summed E-state index contributed by atoms with van der Waals surface area (Å²) in [6, 6.07) is 0. The third-order valence-electron chi connectivity index (χ3n) is 0. The van der Waals surface area contributed by atoms with E-state index in [1.807, 2.05) is 0 Å². The fourth-order valence-electron chi connectivity index (χ4n) is 0. The van der Waals surface area contributed by atoms with Gasteiger partial charge in [-0.3, -0.25) is 0 Å². The fourth-order valence-corrected chi connectivity index (χ4v) is 0.